The molecule has 0 aromatic heterocycles. The zero-order chi connectivity index (χ0) is 23.8. The molecule has 1 saturated carbocycles. The molecule has 1 fully saturated rings. The van der Waals surface area contributed by atoms with Crippen LogP contribution in [0.3, 0.4) is 0 Å². The van der Waals surface area contributed by atoms with Crippen molar-refractivity contribution >= 4 is 23.5 Å². The summed E-state index contributed by atoms with van der Waals surface area (Å²) in [6, 6.07) is 0. The second-order valence-corrected chi connectivity index (χ2v) is 8.45. The van der Waals surface area contributed by atoms with Crippen molar-refractivity contribution in [1.82, 2.24) is 0 Å². The number of hydrogen-bond donors (Lipinski definition) is 2. The van der Waals surface area contributed by atoms with E-state index in [0.29, 0.717) is 24.0 Å². The van der Waals surface area contributed by atoms with Crippen molar-refractivity contribution in [2.75, 3.05) is 5.32 Å². The highest BCUT2D eigenvalue weighted by Crippen LogP contribution is 2.49. The van der Waals surface area contributed by atoms with Gasteiger partial charge < -0.3 is 15.2 Å². The van der Waals surface area contributed by atoms with Crippen LogP contribution in [0, 0.1) is 12.8 Å². The van der Waals surface area contributed by atoms with Gasteiger partial charge in [0.25, 0.3) is 0 Å². The second kappa shape index (κ2) is 8.96. The van der Waals surface area contributed by atoms with Gasteiger partial charge in [-0.3, -0.25) is 9.59 Å². The lowest BCUT2D eigenvalue weighted by molar-refractivity contribution is -0.167. The molecule has 1 aliphatic carbocycles. The molecule has 0 bridgehead atoms. The molecule has 2 aliphatic rings. The van der Waals surface area contributed by atoms with E-state index in [-0.39, 0.29) is 30.2 Å². The van der Waals surface area contributed by atoms with Crippen LogP contribution in [0.5, 0.6) is 0 Å². The van der Waals surface area contributed by atoms with Crippen molar-refractivity contribution in [1.29, 1.82) is 0 Å². The van der Waals surface area contributed by atoms with E-state index < -0.39 is 29.9 Å². The third-order valence-electron chi connectivity index (χ3n) is 6.13. The zero-order valence-electron chi connectivity index (χ0n) is 18.2. The van der Waals surface area contributed by atoms with E-state index in [1.165, 1.54) is 0 Å². The minimum absolute atomic E-state index is 0.0254. The maximum absolute atomic E-state index is 13.0. The Bertz CT molecular complexity index is 993. The Balaban J connectivity index is 2.09. The highest BCUT2D eigenvalue weighted by molar-refractivity contribution is 6.06. The third-order valence-corrected chi connectivity index (χ3v) is 6.13. The van der Waals surface area contributed by atoms with Gasteiger partial charge in [0, 0.05) is 5.56 Å². The number of aliphatic carboxylic acids is 1. The van der Waals surface area contributed by atoms with E-state index in [1.54, 1.807) is 19.9 Å². The Morgan fingerprint density at radius 2 is 1.97 bits per heavy atom. The van der Waals surface area contributed by atoms with Crippen molar-refractivity contribution in [3.8, 4) is 0 Å². The molecule has 1 heterocycles. The maximum Gasteiger partial charge on any atom is 0.471 e. The van der Waals surface area contributed by atoms with Gasteiger partial charge in [0.05, 0.1) is 17.2 Å². The van der Waals surface area contributed by atoms with Gasteiger partial charge in [0.2, 0.25) is 0 Å². The number of nitrogens with one attached hydrogen (secondary N) is 1. The molecule has 1 aromatic carbocycles. The predicted octanol–water partition coefficient (Wildman–Crippen LogP) is 5.03. The van der Waals surface area contributed by atoms with Crippen molar-refractivity contribution < 1.29 is 37.4 Å². The van der Waals surface area contributed by atoms with Crippen LogP contribution in [0.15, 0.2) is 11.6 Å². The fraction of sp³-hybridized carbons (Fsp3) is 0.522. The SMILES string of the molecule is CCC(C/C(C)=C/Cc1c(NC(=O)C(F)(F)F)c2c(c(C)c1C1CC1)COC2=O)C(=O)O. The minimum atomic E-state index is -5.11. The highest BCUT2D eigenvalue weighted by Gasteiger charge is 2.42. The topological polar surface area (TPSA) is 92.7 Å². The summed E-state index contributed by atoms with van der Waals surface area (Å²) >= 11 is 0. The van der Waals surface area contributed by atoms with Crippen LogP contribution >= 0.6 is 0 Å². The van der Waals surface area contributed by atoms with Gasteiger partial charge in [-0.05, 0) is 68.6 Å². The molecule has 0 spiro atoms. The highest BCUT2D eigenvalue weighted by atomic mass is 19.4. The first-order chi connectivity index (χ1) is 15.0. The number of ether oxygens (including phenoxy) is 1. The Hall–Kier alpha value is -2.84. The molecule has 3 rings (SSSR count). The Morgan fingerprint density at radius 3 is 2.50 bits per heavy atom. The molecule has 2 N–H and O–H groups in total. The van der Waals surface area contributed by atoms with Gasteiger partial charge in [-0.1, -0.05) is 18.6 Å². The number of carboxylic acids is 1. The summed E-state index contributed by atoms with van der Waals surface area (Å²) in [5.74, 6) is -4.24. The number of allylic oxidation sites excluding steroid dienone is 2. The molecule has 1 aromatic rings. The van der Waals surface area contributed by atoms with Crippen LogP contribution in [-0.4, -0.2) is 29.1 Å². The van der Waals surface area contributed by atoms with Gasteiger partial charge in [0.1, 0.15) is 6.61 Å². The summed E-state index contributed by atoms with van der Waals surface area (Å²) < 4.78 is 44.2. The molecule has 6 nitrogen and oxygen atoms in total. The molecular formula is C23H26F3NO5. The number of benzene rings is 1. The lowest BCUT2D eigenvalue weighted by atomic mass is 9.86. The molecule has 32 heavy (non-hydrogen) atoms. The lowest BCUT2D eigenvalue weighted by Crippen LogP contribution is -2.31. The van der Waals surface area contributed by atoms with Gasteiger partial charge in [-0.15, -0.1) is 0 Å². The van der Waals surface area contributed by atoms with E-state index >= 15 is 0 Å². The zero-order valence-corrected chi connectivity index (χ0v) is 18.2. The molecule has 1 unspecified atom stereocenters. The number of carbonyl (C=O) groups is 3. The molecule has 1 aliphatic heterocycles. The predicted molar refractivity (Wildman–Crippen MR) is 110 cm³/mol. The Kier molecular flexibility index (Phi) is 6.67. The van der Waals surface area contributed by atoms with Gasteiger partial charge >= 0.3 is 24.0 Å². The van der Waals surface area contributed by atoms with Crippen LogP contribution in [0.25, 0.3) is 0 Å². The molecular weight excluding hydrogens is 427 g/mol. The number of alkyl halides is 3. The number of hydrogen-bond acceptors (Lipinski definition) is 4. The van der Waals surface area contributed by atoms with Gasteiger partial charge in [-0.2, -0.15) is 13.2 Å². The molecule has 1 atom stereocenters. The lowest BCUT2D eigenvalue weighted by Gasteiger charge is -2.21. The van der Waals surface area contributed by atoms with Crippen LogP contribution in [0.1, 0.15) is 78.1 Å². The number of carbonyl (C=O) groups excluding carboxylic acids is 2. The smallest absolute Gasteiger partial charge is 0.471 e. The van der Waals surface area contributed by atoms with Gasteiger partial charge in [0.15, 0.2) is 0 Å². The van der Waals surface area contributed by atoms with E-state index in [9.17, 15) is 32.7 Å². The number of esters is 1. The number of fused-ring (bicyclic) bond motifs is 1. The summed E-state index contributed by atoms with van der Waals surface area (Å²) in [7, 11) is 0. The van der Waals surface area contributed by atoms with Gasteiger partial charge in [-0.25, -0.2) is 4.79 Å². The third kappa shape index (κ3) is 4.81. The minimum Gasteiger partial charge on any atom is -0.481 e. The molecule has 9 heteroatoms. The number of anilines is 1. The quantitative estimate of drug-likeness (QED) is 0.425. The number of rotatable bonds is 8. The molecule has 174 valence electrons. The van der Waals surface area contributed by atoms with Crippen LogP contribution in [0.4, 0.5) is 18.9 Å². The largest absolute Gasteiger partial charge is 0.481 e. The Morgan fingerprint density at radius 1 is 1.31 bits per heavy atom. The first-order valence-electron chi connectivity index (χ1n) is 10.6. The Labute approximate surface area is 183 Å². The van der Waals surface area contributed by atoms with E-state index in [1.807, 2.05) is 12.2 Å². The van der Waals surface area contributed by atoms with Crippen molar-refractivity contribution in [2.24, 2.45) is 5.92 Å². The monoisotopic (exact) mass is 453 g/mol. The summed E-state index contributed by atoms with van der Waals surface area (Å²) in [5, 5.41) is 11.2. The summed E-state index contributed by atoms with van der Waals surface area (Å²) in [6.45, 7) is 5.32. The average molecular weight is 453 g/mol. The number of halogens is 3. The van der Waals surface area contributed by atoms with Crippen LogP contribution in [0.2, 0.25) is 0 Å². The second-order valence-electron chi connectivity index (χ2n) is 8.45. The summed E-state index contributed by atoms with van der Waals surface area (Å²) in [6.07, 6.45) is -0.684. The van der Waals surface area contributed by atoms with E-state index in [4.69, 9.17) is 4.74 Å². The van der Waals surface area contributed by atoms with Crippen molar-refractivity contribution in [3.05, 3.63) is 39.5 Å². The van der Waals surface area contributed by atoms with Crippen molar-refractivity contribution in [3.63, 3.8) is 0 Å². The normalized spacial score (nSPS) is 17.1. The van der Waals surface area contributed by atoms with Crippen LogP contribution in [-0.2, 0) is 27.4 Å². The average Bonchev–Trinajstić information content (AvgIpc) is 3.46. The molecule has 0 saturated heterocycles. The first-order valence-corrected chi connectivity index (χ1v) is 10.6. The molecule has 1 amide bonds. The van der Waals surface area contributed by atoms with E-state index in [2.05, 4.69) is 0 Å². The number of amides is 1. The van der Waals surface area contributed by atoms with Crippen molar-refractivity contribution in [2.45, 2.75) is 71.6 Å². The number of carboxylic acid groups (broad SMARTS) is 1. The fourth-order valence-corrected chi connectivity index (χ4v) is 4.24. The summed E-state index contributed by atoms with van der Waals surface area (Å²) in [5.41, 5.74) is 3.22. The standard InChI is InChI=1S/C23H26F3NO5/c1-4-13(20(28)29)9-11(2)5-8-15-17(14-6-7-14)12(3)16-10-32-21(30)18(16)19(15)27-22(31)23(24,25)26/h5,13-14H,4,6-10H2,1-3H3,(H,27,31)(H,28,29)/b11-5+. The van der Waals surface area contributed by atoms with Crippen LogP contribution < -0.4 is 5.32 Å². The molecule has 0 radical (unpaired) electrons. The fourth-order valence-electron chi connectivity index (χ4n) is 4.24. The first kappa shape index (κ1) is 23.8. The van der Waals surface area contributed by atoms with E-state index in [0.717, 1.165) is 29.5 Å². The maximum atomic E-state index is 13.0. The number of cyclic esters (lactones) is 1. The summed E-state index contributed by atoms with van der Waals surface area (Å²) in [4.78, 5) is 35.5.